The molecule has 4 aromatic heterocycles. The zero-order valence-electron chi connectivity index (χ0n) is 84.8. The Bertz CT molecular complexity index is 7110. The molecule has 780 valence electrons. The molecule has 18 N–H and O–H groups in total. The number of aliphatic hydroxyl groups excluding tert-OH is 2. The second-order valence-corrected chi connectivity index (χ2v) is 37.7. The van der Waals surface area contributed by atoms with Gasteiger partial charge in [-0.25, -0.2) is 33.1 Å². The lowest BCUT2D eigenvalue weighted by Crippen LogP contribution is -2.54. The van der Waals surface area contributed by atoms with Crippen molar-refractivity contribution in [2.45, 2.75) is 149 Å². The van der Waals surface area contributed by atoms with E-state index < -0.39 is 12.2 Å². The molecule has 2 saturated heterocycles. The molecule has 0 aliphatic carbocycles. The summed E-state index contributed by atoms with van der Waals surface area (Å²) in [7, 11) is 0. The van der Waals surface area contributed by atoms with E-state index in [0.717, 1.165) is 116 Å². The molecule has 0 bridgehead atoms. The highest BCUT2D eigenvalue weighted by molar-refractivity contribution is 5.75. The van der Waals surface area contributed by atoms with Crippen molar-refractivity contribution < 1.29 is 73.8 Å². The number of nitrogens with zero attached hydrogens (tertiary/aromatic N) is 12. The summed E-state index contributed by atoms with van der Waals surface area (Å²) in [6.45, 7) is 22.3. The third-order valence-corrected chi connectivity index (χ3v) is 25.8. The Labute approximate surface area is 871 Å². The second-order valence-electron chi connectivity index (χ2n) is 37.7. The molecule has 0 spiro atoms. The van der Waals surface area contributed by atoms with Gasteiger partial charge in [0.2, 0.25) is 11.8 Å². The van der Waals surface area contributed by atoms with E-state index in [1.165, 1.54) is 65.8 Å². The fourth-order valence-corrected chi connectivity index (χ4v) is 18.3. The molecular weight excluding hydrogens is 1900 g/mol. The Hall–Kier alpha value is -17.2. The van der Waals surface area contributed by atoms with Gasteiger partial charge in [-0.05, 0) is 184 Å². The summed E-state index contributed by atoms with van der Waals surface area (Å²) < 4.78 is 49.9. The summed E-state index contributed by atoms with van der Waals surface area (Å²) in [6, 6.07) is 84.3. The first-order valence-electron chi connectivity index (χ1n) is 49.6. The molecule has 16 aromatic rings. The summed E-state index contributed by atoms with van der Waals surface area (Å²) >= 11 is 0. The van der Waals surface area contributed by atoms with Crippen molar-refractivity contribution in [2.24, 2.45) is 22.9 Å². The Morgan fingerprint density at radius 1 is 0.373 bits per heavy atom. The Morgan fingerprint density at radius 2 is 0.720 bits per heavy atom. The number of anilines is 4. The van der Waals surface area contributed by atoms with Crippen molar-refractivity contribution in [1.29, 1.82) is 0 Å². The highest BCUT2D eigenvalue weighted by Gasteiger charge is 2.32. The van der Waals surface area contributed by atoms with Crippen LogP contribution in [0.3, 0.4) is 0 Å². The van der Waals surface area contributed by atoms with E-state index in [1.807, 2.05) is 188 Å². The molecule has 2 amide bonds. The number of phenolic OH excluding ortho intramolecular Hbond substituents is 8. The molecule has 12 aromatic carbocycles. The van der Waals surface area contributed by atoms with Gasteiger partial charge in [-0.15, -0.1) is 0 Å². The Morgan fingerprint density at radius 3 is 1.11 bits per heavy atom. The number of carbonyl (C=O) groups excluding carboxylic acids is 2. The van der Waals surface area contributed by atoms with Gasteiger partial charge in [0.05, 0.1) is 79.1 Å². The third-order valence-electron chi connectivity index (χ3n) is 25.8. The summed E-state index contributed by atoms with van der Waals surface area (Å²) in [5.74, 6) is -1.14. The minimum atomic E-state index is -0.545. The predicted octanol–water partition coefficient (Wildman–Crippen LogP) is 18.4. The number of halogens is 3. The number of nitrogens with two attached hydrogens (primary N) is 4. The van der Waals surface area contributed by atoms with Crippen molar-refractivity contribution in [3.63, 3.8) is 0 Å². The number of para-hydroxylation sites is 2. The van der Waals surface area contributed by atoms with E-state index in [4.69, 9.17) is 22.9 Å². The van der Waals surface area contributed by atoms with Crippen LogP contribution >= 0.6 is 0 Å². The summed E-state index contributed by atoms with van der Waals surface area (Å²) in [6.07, 6.45) is 10.8. The van der Waals surface area contributed by atoms with Crippen LogP contribution in [0.1, 0.15) is 124 Å². The van der Waals surface area contributed by atoms with E-state index >= 15 is 0 Å². The number of aromatic nitrogens is 8. The summed E-state index contributed by atoms with van der Waals surface area (Å²) in [5.41, 5.74) is 42.7. The van der Waals surface area contributed by atoms with Crippen molar-refractivity contribution >= 4 is 34.6 Å². The van der Waals surface area contributed by atoms with Gasteiger partial charge < -0.3 is 112 Å². The van der Waals surface area contributed by atoms with Crippen LogP contribution in [-0.2, 0) is 74.3 Å². The van der Waals surface area contributed by atoms with Gasteiger partial charge in [-0.2, -0.15) is 0 Å². The molecule has 4 atom stereocenters. The van der Waals surface area contributed by atoms with Crippen LogP contribution in [0.25, 0.3) is 22.5 Å². The van der Waals surface area contributed by atoms with Crippen LogP contribution in [0.2, 0.25) is 0 Å². The molecule has 2 aliphatic heterocycles. The monoisotopic (exact) mass is 2030 g/mol. The molecule has 2 fully saturated rings. The molecular formula is C119H131F3N16O12. The number of hydrogen-bond acceptors (Lipinski definition) is 22. The van der Waals surface area contributed by atoms with Crippen LogP contribution in [0.4, 0.5) is 35.9 Å². The second kappa shape index (κ2) is 52.7. The van der Waals surface area contributed by atoms with Gasteiger partial charge in [0.1, 0.15) is 63.4 Å². The van der Waals surface area contributed by atoms with Crippen LogP contribution in [0.5, 0.6) is 46.0 Å². The lowest BCUT2D eigenvalue weighted by molar-refractivity contribution is -0.119. The Kier molecular flexibility index (Phi) is 38.7. The quantitative estimate of drug-likeness (QED) is 0.0186. The first kappa shape index (κ1) is 110. The van der Waals surface area contributed by atoms with Crippen LogP contribution in [-0.4, -0.2) is 165 Å². The van der Waals surface area contributed by atoms with Crippen molar-refractivity contribution in [2.75, 3.05) is 58.9 Å². The van der Waals surface area contributed by atoms with Gasteiger partial charge in [-0.1, -0.05) is 171 Å². The topological polar surface area (TPSA) is 425 Å². The number of allylic oxidation sites excluding steroid dienone is 2. The van der Waals surface area contributed by atoms with Crippen LogP contribution in [0, 0.1) is 38.2 Å². The highest BCUT2D eigenvalue weighted by Crippen LogP contribution is 2.37. The number of primary amides is 2. The number of phenols is 8. The minimum Gasteiger partial charge on any atom is -0.508 e. The average Bonchev–Trinajstić information content (AvgIpc) is 1.31. The molecule has 31 heteroatoms. The number of piperazine rings is 2. The maximum Gasteiger partial charge on any atom is 0.217 e. The maximum absolute atomic E-state index is 14.3. The number of hydrogen-bond donors (Lipinski definition) is 14. The van der Waals surface area contributed by atoms with Gasteiger partial charge in [-0.3, -0.25) is 9.59 Å². The molecule has 0 saturated carbocycles. The number of benzene rings is 12. The maximum atomic E-state index is 14.3. The summed E-state index contributed by atoms with van der Waals surface area (Å²) in [5, 5.41) is 98.4. The number of amides is 2. The van der Waals surface area contributed by atoms with Gasteiger partial charge in [0.25, 0.3) is 0 Å². The molecule has 150 heavy (non-hydrogen) atoms. The van der Waals surface area contributed by atoms with Gasteiger partial charge in [0.15, 0.2) is 0 Å². The first-order valence-corrected chi connectivity index (χ1v) is 49.6. The fourth-order valence-electron chi connectivity index (χ4n) is 18.3. The zero-order chi connectivity index (χ0) is 107. The number of aryl methyl sites for hydroxylation is 1. The number of carbonyl (C=O) groups is 2. The molecule has 28 nitrogen and oxygen atoms in total. The van der Waals surface area contributed by atoms with E-state index in [1.54, 1.807) is 89.4 Å². The largest absolute Gasteiger partial charge is 0.508 e. The fraction of sp³-hybridized carbons (Fsp3) is 0.244. The lowest BCUT2D eigenvalue weighted by atomic mass is 10.0. The van der Waals surface area contributed by atoms with E-state index in [9.17, 15) is 73.8 Å². The first-order chi connectivity index (χ1) is 72.0. The number of rotatable bonds is 32. The summed E-state index contributed by atoms with van der Waals surface area (Å²) in [4.78, 5) is 49.4. The van der Waals surface area contributed by atoms with Crippen LogP contribution in [0.15, 0.2) is 329 Å². The van der Waals surface area contributed by atoms with Gasteiger partial charge in [0, 0.05) is 213 Å². The van der Waals surface area contributed by atoms with E-state index in [0.29, 0.717) is 123 Å². The zero-order valence-corrected chi connectivity index (χ0v) is 84.8. The molecule has 6 heterocycles. The smallest absolute Gasteiger partial charge is 0.217 e. The van der Waals surface area contributed by atoms with Gasteiger partial charge >= 0.3 is 0 Å². The normalized spacial score (nSPS) is 13.5. The van der Waals surface area contributed by atoms with E-state index in [-0.39, 0.29) is 107 Å². The average molecular weight is 2030 g/mol. The SMILES string of the molecule is C=C(N)Cc1c(Cc2ccccc2)ncn1Cc1cc(O)c(C)c(O)c1.C=C(N)Cc1c(Cc2ccccc2)ncn1Cc1cc(O)ccc1F.CC(O)Cc1c(-c2ccccc2)ncn1Cc1cc(O)ccc1F.Cc1c(O)cc(Cn2cnc(-c3ccccc3)c2CC(C)O)cc1O.Cc1cc(O)cc(N2CCN(c3ccccc3)CC2CCC(N)=O)c1.NC(=O)CCC1CN(c2ccccc2)CCN1c1cc(O)ccc1F. The van der Waals surface area contributed by atoms with Crippen molar-refractivity contribution in [3.05, 3.63) is 431 Å². The number of aromatic hydroxyl groups is 8. The highest BCUT2D eigenvalue weighted by atomic mass is 19.1. The number of aliphatic hydroxyl groups is 2. The molecule has 4 unspecified atom stereocenters. The molecule has 0 radical (unpaired) electrons. The van der Waals surface area contributed by atoms with Crippen molar-refractivity contribution in [1.82, 2.24) is 38.2 Å². The van der Waals surface area contributed by atoms with Crippen molar-refractivity contribution in [3.8, 4) is 68.5 Å². The van der Waals surface area contributed by atoms with E-state index in [2.05, 4.69) is 78.1 Å². The minimum absolute atomic E-state index is 0.0203. The standard InChI is InChI=1S/C21H23N3O2.C20H20FN3O.C20H25N3O2.C20H22N2O3.C19H22FN3O2.C19H19FN2O2/c1-14(22)8-19-18(9-16-6-4-3-5-7-16)23-13-24(19)12-17-10-20(25)15(2)21(26)11-17;1-14(22)9-20-19(10-15-5-3-2-4-6-15)23-13-24(20)12-16-11-17(25)7-8-18(16)21;1-15-11-18(13-19(24)12-15)23-10-9-22(16-5-3-2-4-6-16)14-17(23)7-8-20(21)25;1-13(23)8-17-20(16-6-4-3-5-7-16)21-12-22(17)11-15-9-18(24)14(2)19(25)10-15;20-17-8-7-16(24)12-18(17)23-11-10-22(14-4-2-1-3-5-14)13-15(23)6-9-19(21)25;1-13(23)9-18-19(14-5-3-2-4-6-14)21-12-22(18)11-15-10-16(24)7-8-17(15)20/h3-7,10-11,13,25-26H,1,8-9,12,22H2,2H3;2-8,11,13,25H,1,9-10,12,22H2;2-6,11-13,17,24H,7-10,14H2,1H3,(H2,21,25);3-7,9-10,12-13,23-25H,8,11H2,1-2H3;1-5,7-8,12,15,24H,6,9-11,13H2,(H2,21,25);2-8,10,12-13,23-24H,9,11H2,1H3. The van der Waals surface area contributed by atoms with Crippen LogP contribution < -0.4 is 42.5 Å². The lowest BCUT2D eigenvalue weighted by Gasteiger charge is -2.44. The molecule has 18 rings (SSSR count). The third kappa shape index (κ3) is 31.2. The molecule has 2 aliphatic rings. The number of imidazole rings is 4. The predicted molar refractivity (Wildman–Crippen MR) is 582 cm³/mol. The Balaban J connectivity index is 0.000000150.